The summed E-state index contributed by atoms with van der Waals surface area (Å²) in [5.41, 5.74) is 0. The summed E-state index contributed by atoms with van der Waals surface area (Å²) < 4.78 is 37.9. The Balaban J connectivity index is 2.97. The van der Waals surface area contributed by atoms with Crippen LogP contribution in [0.15, 0.2) is 10.8 Å². The predicted molar refractivity (Wildman–Crippen MR) is 72.5 cm³/mol. The zero-order valence-electron chi connectivity index (χ0n) is 10.8. The van der Waals surface area contributed by atoms with Crippen molar-refractivity contribution in [1.29, 1.82) is 0 Å². The number of anilines is 2. The van der Waals surface area contributed by atoms with Gasteiger partial charge in [0.05, 0.1) is 0 Å². The summed E-state index contributed by atoms with van der Waals surface area (Å²) in [6.07, 6.45) is -2.11. The molecule has 1 aromatic heterocycles. The van der Waals surface area contributed by atoms with Crippen molar-refractivity contribution in [3.05, 3.63) is 10.8 Å². The first kappa shape index (κ1) is 16.0. The van der Waals surface area contributed by atoms with E-state index in [4.69, 9.17) is 0 Å². The Hall–Kier alpha value is -1.05. The lowest BCUT2D eigenvalue weighted by atomic mass is 10.4. The van der Waals surface area contributed by atoms with Crippen LogP contribution < -0.4 is 10.2 Å². The lowest BCUT2D eigenvalue weighted by molar-refractivity contribution is -0.119. The molecule has 0 unspecified atom stereocenters. The molecule has 0 bridgehead atoms. The van der Waals surface area contributed by atoms with E-state index in [2.05, 4.69) is 31.2 Å². The van der Waals surface area contributed by atoms with Gasteiger partial charge < -0.3 is 10.2 Å². The molecule has 0 spiro atoms. The summed E-state index contributed by atoms with van der Waals surface area (Å²) in [6.45, 7) is 3.51. The molecule has 0 aliphatic heterocycles. The Bertz CT molecular complexity index is 411. The van der Waals surface area contributed by atoms with Crippen molar-refractivity contribution in [3.8, 4) is 0 Å². The van der Waals surface area contributed by atoms with Crippen LogP contribution in [0.3, 0.4) is 0 Å². The maximum absolute atomic E-state index is 12.5. The second-order valence-corrected chi connectivity index (χ2v) is 4.71. The van der Waals surface area contributed by atoms with E-state index in [0.717, 1.165) is 11.3 Å². The molecule has 0 aromatic carbocycles. The molecule has 19 heavy (non-hydrogen) atoms. The summed E-state index contributed by atoms with van der Waals surface area (Å²) >= 11 is 3.26. The molecule has 0 saturated heterocycles. The van der Waals surface area contributed by atoms with Gasteiger partial charge in [-0.3, -0.25) is 0 Å². The molecule has 0 radical (unpaired) electrons. The van der Waals surface area contributed by atoms with Crippen molar-refractivity contribution >= 4 is 27.6 Å². The Morgan fingerprint density at radius 1 is 1.32 bits per heavy atom. The Morgan fingerprint density at radius 3 is 2.53 bits per heavy atom. The minimum atomic E-state index is -4.27. The van der Waals surface area contributed by atoms with Gasteiger partial charge in [0.1, 0.15) is 29.0 Å². The van der Waals surface area contributed by atoms with Crippen LogP contribution in [0, 0.1) is 0 Å². The van der Waals surface area contributed by atoms with Gasteiger partial charge in [-0.25, -0.2) is 9.97 Å². The van der Waals surface area contributed by atoms with Crippen molar-refractivity contribution in [2.24, 2.45) is 0 Å². The highest BCUT2D eigenvalue weighted by molar-refractivity contribution is 9.10. The van der Waals surface area contributed by atoms with Crippen LogP contribution in [0.25, 0.3) is 0 Å². The highest BCUT2D eigenvalue weighted by Crippen LogP contribution is 2.31. The van der Waals surface area contributed by atoms with Crippen LogP contribution in [0.5, 0.6) is 0 Å². The highest BCUT2D eigenvalue weighted by atomic mass is 79.9. The second kappa shape index (κ2) is 6.93. The number of rotatable bonds is 6. The summed E-state index contributed by atoms with van der Waals surface area (Å²) in [5.74, 6) is 0.751. The van der Waals surface area contributed by atoms with Gasteiger partial charge in [0, 0.05) is 13.1 Å². The van der Waals surface area contributed by atoms with Gasteiger partial charge in [0.15, 0.2) is 0 Å². The van der Waals surface area contributed by atoms with E-state index in [1.165, 1.54) is 6.33 Å². The molecule has 1 rings (SSSR count). The standard InChI is InChI=1S/C11H16BrF3N4/c1-3-5-16-9-8(12)10(18-7-17-9)19(4-2)6-11(13,14)15/h7H,3-6H2,1-2H3,(H,16,17,18). The van der Waals surface area contributed by atoms with Gasteiger partial charge in [0.2, 0.25) is 0 Å². The van der Waals surface area contributed by atoms with Crippen LogP contribution in [0.2, 0.25) is 0 Å². The molecule has 8 heteroatoms. The van der Waals surface area contributed by atoms with Crippen molar-refractivity contribution in [2.75, 3.05) is 29.9 Å². The van der Waals surface area contributed by atoms with Crippen LogP contribution in [0.1, 0.15) is 20.3 Å². The monoisotopic (exact) mass is 340 g/mol. The predicted octanol–water partition coefficient (Wildman–Crippen LogP) is 3.45. The molecule has 4 nitrogen and oxygen atoms in total. The Labute approximate surface area is 118 Å². The SMILES string of the molecule is CCCNc1ncnc(N(CC)CC(F)(F)F)c1Br. The maximum atomic E-state index is 12.5. The lowest BCUT2D eigenvalue weighted by Gasteiger charge is -2.24. The fourth-order valence-electron chi connectivity index (χ4n) is 1.50. The lowest BCUT2D eigenvalue weighted by Crippen LogP contribution is -2.35. The maximum Gasteiger partial charge on any atom is 0.405 e. The Kier molecular flexibility index (Phi) is 5.84. The Morgan fingerprint density at radius 2 is 2.00 bits per heavy atom. The van der Waals surface area contributed by atoms with Gasteiger partial charge in [-0.15, -0.1) is 0 Å². The van der Waals surface area contributed by atoms with Gasteiger partial charge in [-0.1, -0.05) is 6.92 Å². The number of halogens is 4. The van der Waals surface area contributed by atoms with E-state index >= 15 is 0 Å². The molecule has 0 atom stereocenters. The molecule has 1 aromatic rings. The molecule has 1 N–H and O–H groups in total. The van der Waals surface area contributed by atoms with Crippen molar-refractivity contribution < 1.29 is 13.2 Å². The third-order valence-corrected chi connectivity index (χ3v) is 3.10. The topological polar surface area (TPSA) is 41.1 Å². The molecular weight excluding hydrogens is 325 g/mol. The average Bonchev–Trinajstić information content (AvgIpc) is 2.34. The van der Waals surface area contributed by atoms with E-state index in [-0.39, 0.29) is 12.4 Å². The van der Waals surface area contributed by atoms with E-state index in [1.807, 2.05) is 6.92 Å². The minimum absolute atomic E-state index is 0.211. The van der Waals surface area contributed by atoms with Crippen LogP contribution >= 0.6 is 15.9 Å². The van der Waals surface area contributed by atoms with E-state index < -0.39 is 12.7 Å². The molecule has 108 valence electrons. The van der Waals surface area contributed by atoms with E-state index in [1.54, 1.807) is 6.92 Å². The highest BCUT2D eigenvalue weighted by Gasteiger charge is 2.31. The van der Waals surface area contributed by atoms with Crippen molar-refractivity contribution in [3.63, 3.8) is 0 Å². The first-order valence-electron chi connectivity index (χ1n) is 5.95. The number of aromatic nitrogens is 2. The average molecular weight is 341 g/mol. The number of hydrogen-bond donors (Lipinski definition) is 1. The number of nitrogens with zero attached hydrogens (tertiary/aromatic N) is 3. The molecule has 0 amide bonds. The third kappa shape index (κ3) is 4.85. The molecular formula is C11H16BrF3N4. The van der Waals surface area contributed by atoms with Crippen molar-refractivity contribution in [2.45, 2.75) is 26.4 Å². The molecule has 0 fully saturated rings. The summed E-state index contributed by atoms with van der Waals surface area (Å²) in [7, 11) is 0. The van der Waals surface area contributed by atoms with Crippen LogP contribution in [0.4, 0.5) is 24.8 Å². The quantitative estimate of drug-likeness (QED) is 0.861. The van der Waals surface area contributed by atoms with Crippen molar-refractivity contribution in [1.82, 2.24) is 9.97 Å². The van der Waals surface area contributed by atoms with E-state index in [0.29, 0.717) is 16.8 Å². The molecule has 0 aliphatic rings. The fraction of sp³-hybridized carbons (Fsp3) is 0.636. The minimum Gasteiger partial charge on any atom is -0.369 e. The zero-order chi connectivity index (χ0) is 14.5. The second-order valence-electron chi connectivity index (χ2n) is 3.92. The summed E-state index contributed by atoms with van der Waals surface area (Å²) in [4.78, 5) is 9.10. The number of alkyl halides is 3. The smallest absolute Gasteiger partial charge is 0.369 e. The van der Waals surface area contributed by atoms with Gasteiger partial charge in [-0.2, -0.15) is 13.2 Å². The molecule has 0 aliphatic carbocycles. The first-order chi connectivity index (χ1) is 8.89. The van der Waals surface area contributed by atoms with Gasteiger partial charge >= 0.3 is 6.18 Å². The first-order valence-corrected chi connectivity index (χ1v) is 6.74. The number of nitrogens with one attached hydrogen (secondary N) is 1. The fourth-order valence-corrected chi connectivity index (χ4v) is 2.10. The van der Waals surface area contributed by atoms with Gasteiger partial charge in [0.25, 0.3) is 0 Å². The van der Waals surface area contributed by atoms with Gasteiger partial charge in [-0.05, 0) is 29.3 Å². The van der Waals surface area contributed by atoms with Crippen LogP contribution in [-0.2, 0) is 0 Å². The van der Waals surface area contributed by atoms with E-state index in [9.17, 15) is 13.2 Å². The summed E-state index contributed by atoms with van der Waals surface area (Å²) in [6, 6.07) is 0. The third-order valence-electron chi connectivity index (χ3n) is 2.36. The normalized spacial score (nSPS) is 11.5. The number of hydrogen-bond acceptors (Lipinski definition) is 4. The van der Waals surface area contributed by atoms with Crippen LogP contribution in [-0.4, -0.2) is 35.8 Å². The molecule has 0 saturated carbocycles. The largest absolute Gasteiger partial charge is 0.405 e. The zero-order valence-corrected chi connectivity index (χ0v) is 12.3. The summed E-state index contributed by atoms with van der Waals surface area (Å²) in [5, 5.41) is 3.04. The molecule has 1 heterocycles.